The fourth-order valence-electron chi connectivity index (χ4n) is 0. The fraction of sp³-hybridized carbons (Fsp3) is 0. The first-order valence-corrected chi connectivity index (χ1v) is 9.33. The van der Waals surface area contributed by atoms with Crippen molar-refractivity contribution in [1.82, 2.24) is 0 Å². The zero-order valence-electron chi connectivity index (χ0n) is 11.5. The van der Waals surface area contributed by atoms with Gasteiger partial charge in [0.25, 0.3) is 5.09 Å². The van der Waals surface area contributed by atoms with Crippen LogP contribution in [0.5, 0.6) is 0 Å². The molecule has 27 heavy (non-hydrogen) atoms. The van der Waals surface area contributed by atoms with Gasteiger partial charge >= 0.3 is 78.6 Å². The summed E-state index contributed by atoms with van der Waals surface area (Å²) in [6, 6.07) is 0. The molecule has 152 valence electrons. The normalized spacial score (nSPS) is 9.63. The van der Waals surface area contributed by atoms with Gasteiger partial charge in [0.2, 0.25) is 0 Å². The second-order valence-corrected chi connectivity index (χ2v) is 5.60. The summed E-state index contributed by atoms with van der Waals surface area (Å²) in [6.07, 6.45) is 0. The Kier molecular flexibility index (Phi) is 47.0. The summed E-state index contributed by atoms with van der Waals surface area (Å²) in [7, 11) is -21.6. The van der Waals surface area contributed by atoms with Crippen molar-refractivity contribution < 1.29 is 166 Å². The van der Waals surface area contributed by atoms with Crippen LogP contribution in [0.3, 0.4) is 0 Å². The van der Waals surface area contributed by atoms with Crippen LogP contribution in [0.2, 0.25) is 0 Å². The van der Waals surface area contributed by atoms with Crippen LogP contribution in [0, 0.1) is 10.1 Å². The number of nitrogens with zero attached hydrogens (tertiary/aromatic N) is 1. The minimum atomic E-state index is -5.39. The molecular formula is HNO19P4Zr3. The SMILES string of the molecule is O=P([O-])([O-])[O-].O=P([O-])([O-])[O-].O=P([O-])([O-])[O-].O=P([O-])([O-])[O-].O=[N+]([O-])O.[Zr+4].[Zr+4].[Zr+4]. The summed E-state index contributed by atoms with van der Waals surface area (Å²) in [6.45, 7) is 0. The zero-order valence-corrected chi connectivity index (χ0v) is 22.5. The molecule has 0 atom stereocenters. The molecule has 20 nitrogen and oxygen atoms in total. The third-order valence-electron chi connectivity index (χ3n) is 0. The summed E-state index contributed by atoms with van der Waals surface area (Å²) in [5.41, 5.74) is 0. The molecule has 0 rings (SSSR count). The van der Waals surface area contributed by atoms with Crippen LogP contribution < -0.4 is 58.7 Å². The van der Waals surface area contributed by atoms with E-state index >= 15 is 0 Å². The predicted molar refractivity (Wildman–Crippen MR) is 39.2 cm³/mol. The van der Waals surface area contributed by atoms with Gasteiger partial charge in [0.05, 0.1) is 0 Å². The van der Waals surface area contributed by atoms with Gasteiger partial charge in [-0.3, -0.25) is 0 Å². The summed E-state index contributed by atoms with van der Waals surface area (Å²) >= 11 is 0. The van der Waals surface area contributed by atoms with Crippen molar-refractivity contribution in [2.24, 2.45) is 0 Å². The Balaban J connectivity index is -0.0000000272. The van der Waals surface area contributed by atoms with E-state index in [-0.39, 0.29) is 78.6 Å². The molecule has 0 aromatic carbocycles. The molecule has 0 aromatic rings. The standard InChI is InChI=1S/HNO3.4H3O4P.3Zr/c2-1(3)4;4*1-5(2,3)4;;;/h(H,2,3,4);4*(H3,1,2,3,4);;;/q;;;;;3*+4/p-12. The van der Waals surface area contributed by atoms with E-state index in [1.165, 1.54) is 0 Å². The van der Waals surface area contributed by atoms with Crippen molar-refractivity contribution >= 4 is 31.3 Å². The maximum Gasteiger partial charge on any atom is 4.00 e. The van der Waals surface area contributed by atoms with Gasteiger partial charge in [-0.1, -0.05) is 0 Å². The molecule has 0 aliphatic carbocycles. The second-order valence-electron chi connectivity index (χ2n) is 2.03. The van der Waals surface area contributed by atoms with Crippen molar-refractivity contribution in [2.45, 2.75) is 0 Å². The molecule has 0 radical (unpaired) electrons. The van der Waals surface area contributed by atoms with E-state index in [1.54, 1.807) is 0 Å². The van der Waals surface area contributed by atoms with Gasteiger partial charge in [-0.25, -0.2) is 0 Å². The number of rotatable bonds is 0. The maximum absolute atomic E-state index is 8.55. The average Bonchev–Trinajstić information content (AvgIpc) is 1.82. The van der Waals surface area contributed by atoms with Crippen LogP contribution >= 0.6 is 31.3 Å². The Morgan fingerprint density at radius 1 is 0.481 bits per heavy atom. The Morgan fingerprint density at radius 3 is 0.481 bits per heavy atom. The summed E-state index contributed by atoms with van der Waals surface area (Å²) in [5.74, 6) is 0. The molecule has 0 heterocycles. The second kappa shape index (κ2) is 24.6. The van der Waals surface area contributed by atoms with Crippen molar-refractivity contribution in [2.75, 3.05) is 0 Å². The average molecular weight is 717 g/mol. The molecule has 27 heteroatoms. The Hall–Kier alpha value is 2.29. The van der Waals surface area contributed by atoms with E-state index in [4.69, 9.17) is 92.3 Å². The molecule has 0 aliphatic rings. The first-order chi connectivity index (χ1) is 9.73. The third-order valence-corrected chi connectivity index (χ3v) is 0. The fourth-order valence-corrected chi connectivity index (χ4v) is 0. The van der Waals surface area contributed by atoms with Gasteiger partial charge in [0.1, 0.15) is 0 Å². The maximum atomic E-state index is 8.55. The Bertz CT molecular complexity index is 374. The van der Waals surface area contributed by atoms with E-state index in [0.29, 0.717) is 0 Å². The van der Waals surface area contributed by atoms with Crippen LogP contribution in [0.1, 0.15) is 0 Å². The van der Waals surface area contributed by atoms with Crippen LogP contribution in [0.15, 0.2) is 0 Å². The monoisotopic (exact) mass is 713 g/mol. The van der Waals surface area contributed by atoms with Crippen molar-refractivity contribution in [3.8, 4) is 0 Å². The molecule has 0 bridgehead atoms. The van der Waals surface area contributed by atoms with Crippen LogP contribution in [-0.4, -0.2) is 10.3 Å². The first-order valence-electron chi connectivity index (χ1n) is 3.49. The smallest absolute Gasteiger partial charge is 0.822 e. The molecule has 0 unspecified atom stereocenters. The van der Waals surface area contributed by atoms with E-state index in [9.17, 15) is 0 Å². The minimum Gasteiger partial charge on any atom is -0.822 e. The third kappa shape index (κ3) is 3730. The molecule has 0 aromatic heterocycles. The number of hydrogen-bond acceptors (Lipinski definition) is 18. The van der Waals surface area contributed by atoms with Gasteiger partial charge in [-0.15, -0.1) is 10.1 Å². The summed E-state index contributed by atoms with van der Waals surface area (Å²) in [5, 5.41) is 13.6. The Labute approximate surface area is 205 Å². The van der Waals surface area contributed by atoms with Gasteiger partial charge in [0, 0.05) is 0 Å². The van der Waals surface area contributed by atoms with Crippen LogP contribution in [0.25, 0.3) is 0 Å². The van der Waals surface area contributed by atoms with E-state index in [2.05, 4.69) is 0 Å². The zero-order chi connectivity index (χ0) is 21.6. The quantitative estimate of drug-likeness (QED) is 0.138. The van der Waals surface area contributed by atoms with E-state index in [1.807, 2.05) is 0 Å². The first kappa shape index (κ1) is 51.7. The molecule has 0 fully saturated rings. The number of hydrogen-bond donors (Lipinski definition) is 1. The van der Waals surface area contributed by atoms with Gasteiger partial charge < -0.3 is 82.2 Å². The molecule has 1 N–H and O–H groups in total. The van der Waals surface area contributed by atoms with Gasteiger partial charge in [-0.05, 0) is 0 Å². The molecule has 0 saturated heterocycles. The topological polar surface area (TPSA) is 408 Å². The van der Waals surface area contributed by atoms with Crippen LogP contribution in [-0.2, 0) is 96.9 Å². The number of phosphoric acid groups is 4. The summed E-state index contributed by atoms with van der Waals surface area (Å²) in [4.78, 5) is 111. The molecular weight excluding hydrogens is 716 g/mol. The van der Waals surface area contributed by atoms with Crippen molar-refractivity contribution in [3.63, 3.8) is 0 Å². The minimum absolute atomic E-state index is 0. The van der Waals surface area contributed by atoms with E-state index in [0.717, 1.165) is 0 Å². The molecule has 0 amide bonds. The van der Waals surface area contributed by atoms with Crippen molar-refractivity contribution in [3.05, 3.63) is 10.1 Å². The van der Waals surface area contributed by atoms with Crippen molar-refractivity contribution in [1.29, 1.82) is 0 Å². The van der Waals surface area contributed by atoms with Crippen LogP contribution in [0.4, 0.5) is 0 Å². The molecule has 0 aliphatic heterocycles. The van der Waals surface area contributed by atoms with Gasteiger partial charge in [-0.2, -0.15) is 31.3 Å². The molecule has 0 spiro atoms. The Morgan fingerprint density at radius 2 is 0.481 bits per heavy atom. The summed E-state index contributed by atoms with van der Waals surface area (Å²) < 4.78 is 34.2. The van der Waals surface area contributed by atoms with E-state index < -0.39 is 36.4 Å². The predicted octanol–water partition coefficient (Wildman–Crippen LogP) is -11.7. The molecule has 0 saturated carbocycles. The largest absolute Gasteiger partial charge is 4.00 e. The van der Waals surface area contributed by atoms with Gasteiger partial charge in [0.15, 0.2) is 0 Å².